The lowest BCUT2D eigenvalue weighted by Crippen LogP contribution is -2.46. The first-order chi connectivity index (χ1) is 10.1. The summed E-state index contributed by atoms with van der Waals surface area (Å²) >= 11 is 0. The van der Waals surface area contributed by atoms with Crippen molar-refractivity contribution in [1.82, 2.24) is 5.32 Å². The van der Waals surface area contributed by atoms with Crippen molar-refractivity contribution in [2.75, 3.05) is 6.54 Å². The first-order valence-electron chi connectivity index (χ1n) is 7.06. The van der Waals surface area contributed by atoms with Gasteiger partial charge in [-0.2, -0.15) is 0 Å². The Kier molecular flexibility index (Phi) is 7.42. The number of aromatic hydroxyl groups is 1. The lowest BCUT2D eigenvalue weighted by molar-refractivity contribution is -0.125. The molecule has 0 fully saturated rings. The zero-order valence-electron chi connectivity index (χ0n) is 12.0. The Morgan fingerprint density at radius 2 is 1.95 bits per heavy atom. The molecular weight excluding hydrogens is 270 g/mol. The smallest absolute Gasteiger partial charge is 0.237 e. The highest BCUT2D eigenvalue weighted by Crippen LogP contribution is 2.11. The van der Waals surface area contributed by atoms with Gasteiger partial charge in [0, 0.05) is 0 Å². The lowest BCUT2D eigenvalue weighted by Gasteiger charge is -2.16. The summed E-state index contributed by atoms with van der Waals surface area (Å²) in [5, 5.41) is 11.8. The molecule has 0 aliphatic rings. The number of amides is 1. The summed E-state index contributed by atoms with van der Waals surface area (Å²) < 4.78 is 0. The molecule has 116 valence electrons. The number of rotatable bonds is 9. The molecular formula is C15H23N3O3. The molecule has 0 aromatic heterocycles. The quantitative estimate of drug-likeness (QED) is 0.380. The summed E-state index contributed by atoms with van der Waals surface area (Å²) in [5.74, 6) is -0.171. The minimum absolute atomic E-state index is 0.160. The van der Waals surface area contributed by atoms with Crippen LogP contribution in [0.3, 0.4) is 0 Å². The van der Waals surface area contributed by atoms with Crippen LogP contribution >= 0.6 is 0 Å². The summed E-state index contributed by atoms with van der Waals surface area (Å²) in [6.07, 6.45) is 3.22. The topological polar surface area (TPSA) is 118 Å². The molecule has 6 nitrogen and oxygen atoms in total. The molecule has 1 aromatic carbocycles. The van der Waals surface area contributed by atoms with E-state index in [0.717, 1.165) is 18.4 Å². The average molecular weight is 293 g/mol. The van der Waals surface area contributed by atoms with Crippen molar-refractivity contribution in [3.05, 3.63) is 29.8 Å². The third-order valence-electron chi connectivity index (χ3n) is 3.19. The van der Waals surface area contributed by atoms with Crippen LogP contribution in [0.25, 0.3) is 0 Å². The molecule has 1 rings (SSSR count). The Morgan fingerprint density at radius 3 is 2.52 bits per heavy atom. The third-order valence-corrected chi connectivity index (χ3v) is 3.19. The van der Waals surface area contributed by atoms with Crippen LogP contribution in [0.4, 0.5) is 0 Å². The Morgan fingerprint density at radius 1 is 1.29 bits per heavy atom. The molecule has 21 heavy (non-hydrogen) atoms. The number of carbonyl (C=O) groups is 2. The number of phenolic OH excluding ortho intramolecular Hbond substituents is 1. The largest absolute Gasteiger partial charge is 0.508 e. The van der Waals surface area contributed by atoms with Gasteiger partial charge in [-0.15, -0.1) is 0 Å². The summed E-state index contributed by atoms with van der Waals surface area (Å²) in [6.45, 7) is 0.576. The first kappa shape index (κ1) is 17.1. The van der Waals surface area contributed by atoms with E-state index in [9.17, 15) is 14.7 Å². The van der Waals surface area contributed by atoms with Crippen LogP contribution < -0.4 is 16.8 Å². The van der Waals surface area contributed by atoms with E-state index in [1.807, 2.05) is 0 Å². The second-order valence-electron chi connectivity index (χ2n) is 5.01. The molecule has 0 saturated carbocycles. The highest BCUT2D eigenvalue weighted by Gasteiger charge is 2.17. The van der Waals surface area contributed by atoms with Crippen LogP contribution in [-0.4, -0.2) is 35.9 Å². The molecule has 2 atom stereocenters. The van der Waals surface area contributed by atoms with E-state index >= 15 is 0 Å². The molecule has 0 spiro atoms. The highest BCUT2D eigenvalue weighted by molar-refractivity contribution is 5.84. The summed E-state index contributed by atoms with van der Waals surface area (Å²) in [5.41, 5.74) is 12.0. The van der Waals surface area contributed by atoms with Crippen molar-refractivity contribution in [2.45, 2.75) is 37.8 Å². The van der Waals surface area contributed by atoms with E-state index in [0.29, 0.717) is 25.7 Å². The molecule has 0 aliphatic carbocycles. The van der Waals surface area contributed by atoms with Crippen LogP contribution in [0, 0.1) is 0 Å². The van der Waals surface area contributed by atoms with E-state index in [4.69, 9.17) is 11.5 Å². The standard InChI is InChI=1S/C15H23N3O3/c16-8-2-1-3-14(17)15(21)18-12(10-19)9-11-4-6-13(20)7-5-11/h4-7,10,12,14,20H,1-3,8-9,16-17H2,(H,18,21)/t12-,14-/m0/s1. The SMILES string of the molecule is NCCCC[C@H](N)C(=O)N[C@H](C=O)Cc1ccc(O)cc1. The van der Waals surface area contributed by atoms with Crippen LogP contribution in [0.15, 0.2) is 24.3 Å². The van der Waals surface area contributed by atoms with Crippen LogP contribution in [-0.2, 0) is 16.0 Å². The van der Waals surface area contributed by atoms with Gasteiger partial charge in [-0.05, 0) is 43.5 Å². The van der Waals surface area contributed by atoms with Gasteiger partial charge >= 0.3 is 0 Å². The van der Waals surface area contributed by atoms with Crippen molar-refractivity contribution in [3.63, 3.8) is 0 Å². The summed E-state index contributed by atoms with van der Waals surface area (Å²) in [6, 6.07) is 5.24. The number of aldehydes is 1. The number of carbonyl (C=O) groups excluding carboxylic acids is 2. The van der Waals surface area contributed by atoms with Crippen molar-refractivity contribution >= 4 is 12.2 Å². The van der Waals surface area contributed by atoms with Crippen molar-refractivity contribution in [1.29, 1.82) is 0 Å². The van der Waals surface area contributed by atoms with Gasteiger partial charge < -0.3 is 26.7 Å². The van der Waals surface area contributed by atoms with E-state index in [-0.39, 0.29) is 11.7 Å². The average Bonchev–Trinajstić information content (AvgIpc) is 2.48. The minimum Gasteiger partial charge on any atom is -0.508 e. The number of hydrogen-bond acceptors (Lipinski definition) is 5. The number of phenols is 1. The van der Waals surface area contributed by atoms with Crippen molar-refractivity contribution in [3.8, 4) is 5.75 Å². The molecule has 0 saturated heterocycles. The van der Waals surface area contributed by atoms with Crippen LogP contribution in [0.2, 0.25) is 0 Å². The predicted molar refractivity (Wildman–Crippen MR) is 80.7 cm³/mol. The van der Waals surface area contributed by atoms with Gasteiger partial charge in [0.15, 0.2) is 0 Å². The first-order valence-corrected chi connectivity index (χ1v) is 7.06. The third kappa shape index (κ3) is 6.37. The van der Waals surface area contributed by atoms with Gasteiger partial charge in [-0.1, -0.05) is 18.6 Å². The van der Waals surface area contributed by atoms with Gasteiger partial charge in [0.25, 0.3) is 0 Å². The molecule has 0 heterocycles. The number of benzene rings is 1. The molecule has 1 amide bonds. The van der Waals surface area contributed by atoms with E-state index in [1.54, 1.807) is 12.1 Å². The van der Waals surface area contributed by atoms with Crippen LogP contribution in [0.5, 0.6) is 5.75 Å². The Hall–Kier alpha value is -1.92. The van der Waals surface area contributed by atoms with Gasteiger partial charge in [-0.25, -0.2) is 0 Å². The Bertz CT molecular complexity index is 448. The Balaban J connectivity index is 2.47. The van der Waals surface area contributed by atoms with E-state index < -0.39 is 12.1 Å². The van der Waals surface area contributed by atoms with Gasteiger partial charge in [-0.3, -0.25) is 4.79 Å². The number of nitrogens with one attached hydrogen (secondary N) is 1. The number of hydrogen-bond donors (Lipinski definition) is 4. The maximum absolute atomic E-state index is 11.9. The fourth-order valence-corrected chi connectivity index (χ4v) is 1.95. The van der Waals surface area contributed by atoms with Gasteiger partial charge in [0.2, 0.25) is 5.91 Å². The zero-order chi connectivity index (χ0) is 15.7. The van der Waals surface area contributed by atoms with Gasteiger partial charge in [0.1, 0.15) is 12.0 Å². The maximum Gasteiger partial charge on any atom is 0.237 e. The maximum atomic E-state index is 11.9. The van der Waals surface area contributed by atoms with Gasteiger partial charge in [0.05, 0.1) is 12.1 Å². The fraction of sp³-hybridized carbons (Fsp3) is 0.467. The molecule has 0 unspecified atom stereocenters. The monoisotopic (exact) mass is 293 g/mol. The fourth-order valence-electron chi connectivity index (χ4n) is 1.95. The minimum atomic E-state index is -0.626. The van der Waals surface area contributed by atoms with E-state index in [2.05, 4.69) is 5.32 Å². The number of unbranched alkanes of at least 4 members (excludes halogenated alkanes) is 1. The normalized spacial score (nSPS) is 13.4. The molecule has 6 N–H and O–H groups in total. The van der Waals surface area contributed by atoms with Crippen molar-refractivity contribution in [2.24, 2.45) is 11.5 Å². The second-order valence-corrected chi connectivity index (χ2v) is 5.01. The summed E-state index contributed by atoms with van der Waals surface area (Å²) in [7, 11) is 0. The summed E-state index contributed by atoms with van der Waals surface area (Å²) in [4.78, 5) is 23.0. The molecule has 0 radical (unpaired) electrons. The molecule has 0 bridgehead atoms. The highest BCUT2D eigenvalue weighted by atomic mass is 16.3. The Labute approximate surface area is 124 Å². The molecule has 6 heteroatoms. The zero-order valence-corrected chi connectivity index (χ0v) is 12.0. The number of nitrogens with two attached hydrogens (primary N) is 2. The van der Waals surface area contributed by atoms with Crippen molar-refractivity contribution < 1.29 is 14.7 Å². The molecule has 0 aliphatic heterocycles. The molecule has 1 aromatic rings. The van der Waals surface area contributed by atoms with E-state index in [1.165, 1.54) is 12.1 Å². The lowest BCUT2D eigenvalue weighted by atomic mass is 10.1. The van der Waals surface area contributed by atoms with Crippen LogP contribution in [0.1, 0.15) is 24.8 Å². The second kappa shape index (κ2) is 9.10. The predicted octanol–water partition coefficient (Wildman–Crippen LogP) is 0.0747.